The van der Waals surface area contributed by atoms with Crippen LogP contribution in [0.15, 0.2) is 12.7 Å². The molecule has 7 heteroatoms. The SMILES string of the molecule is C=CC(CC/[N+]([O-])=C/CCCOC(C)=O)C(F)(F)F. The highest BCUT2D eigenvalue weighted by Gasteiger charge is 2.37. The molecule has 0 radical (unpaired) electrons. The Bertz CT molecular complexity index is 327. The van der Waals surface area contributed by atoms with Crippen LogP contribution in [-0.2, 0) is 9.53 Å². The third-order valence-electron chi connectivity index (χ3n) is 2.35. The molecular formula is C12H18F3NO3. The van der Waals surface area contributed by atoms with Crippen LogP contribution in [0.5, 0.6) is 0 Å². The highest BCUT2D eigenvalue weighted by molar-refractivity contribution is 5.65. The Kier molecular flexibility index (Phi) is 7.86. The maximum absolute atomic E-state index is 12.3. The molecule has 0 saturated heterocycles. The maximum Gasteiger partial charge on any atom is 0.395 e. The van der Waals surface area contributed by atoms with Crippen LogP contribution in [-0.4, -0.2) is 36.3 Å². The molecule has 0 saturated carbocycles. The zero-order chi connectivity index (χ0) is 14.9. The van der Waals surface area contributed by atoms with E-state index in [9.17, 15) is 23.2 Å². The summed E-state index contributed by atoms with van der Waals surface area (Å²) in [6, 6.07) is 0. The smallest absolute Gasteiger partial charge is 0.395 e. The lowest BCUT2D eigenvalue weighted by Gasteiger charge is -2.15. The Labute approximate surface area is 110 Å². The molecule has 0 aliphatic heterocycles. The minimum atomic E-state index is -4.36. The minimum Gasteiger partial charge on any atom is -0.624 e. The van der Waals surface area contributed by atoms with E-state index >= 15 is 0 Å². The number of rotatable bonds is 8. The van der Waals surface area contributed by atoms with E-state index in [0.717, 1.165) is 6.08 Å². The number of esters is 1. The zero-order valence-corrected chi connectivity index (χ0v) is 10.8. The Morgan fingerprint density at radius 3 is 2.63 bits per heavy atom. The number of carbonyl (C=O) groups is 1. The summed E-state index contributed by atoms with van der Waals surface area (Å²) in [5.74, 6) is -2.07. The Morgan fingerprint density at radius 1 is 1.53 bits per heavy atom. The molecule has 0 fully saturated rings. The predicted octanol–water partition coefficient (Wildman–Crippen LogP) is 2.67. The van der Waals surface area contributed by atoms with Gasteiger partial charge in [-0.05, 0) is 6.42 Å². The molecule has 0 spiro atoms. The number of hydrogen-bond acceptors (Lipinski definition) is 3. The lowest BCUT2D eigenvalue weighted by atomic mass is 10.1. The molecule has 110 valence electrons. The van der Waals surface area contributed by atoms with E-state index < -0.39 is 18.1 Å². The number of alkyl halides is 3. The van der Waals surface area contributed by atoms with Gasteiger partial charge in [0.2, 0.25) is 0 Å². The summed E-state index contributed by atoms with van der Waals surface area (Å²) in [6.45, 7) is 4.33. The lowest BCUT2D eigenvalue weighted by Crippen LogP contribution is -2.24. The molecule has 0 N–H and O–H groups in total. The average molecular weight is 281 g/mol. The van der Waals surface area contributed by atoms with Crippen molar-refractivity contribution in [1.29, 1.82) is 0 Å². The number of unbranched alkanes of at least 4 members (excludes halogenated alkanes) is 1. The van der Waals surface area contributed by atoms with Crippen molar-refractivity contribution >= 4 is 12.2 Å². The zero-order valence-electron chi connectivity index (χ0n) is 10.8. The summed E-state index contributed by atoms with van der Waals surface area (Å²) >= 11 is 0. The number of halogens is 3. The third kappa shape index (κ3) is 9.10. The van der Waals surface area contributed by atoms with E-state index in [1.807, 2.05) is 0 Å². The van der Waals surface area contributed by atoms with Crippen LogP contribution in [0.4, 0.5) is 13.2 Å². The predicted molar refractivity (Wildman–Crippen MR) is 64.8 cm³/mol. The molecule has 0 aromatic rings. The number of hydrogen-bond donors (Lipinski definition) is 0. The molecule has 0 aliphatic carbocycles. The minimum absolute atomic E-state index is 0.192. The summed E-state index contributed by atoms with van der Waals surface area (Å²) in [7, 11) is 0. The van der Waals surface area contributed by atoms with Gasteiger partial charge in [-0.2, -0.15) is 13.2 Å². The summed E-state index contributed by atoms with van der Waals surface area (Å²) in [5, 5.41) is 11.2. The Hall–Kier alpha value is -1.53. The largest absolute Gasteiger partial charge is 0.624 e. The second-order valence-corrected chi connectivity index (χ2v) is 3.98. The first-order valence-electron chi connectivity index (χ1n) is 5.87. The van der Waals surface area contributed by atoms with Crippen molar-refractivity contribution < 1.29 is 27.4 Å². The fourth-order valence-electron chi connectivity index (χ4n) is 1.31. The van der Waals surface area contributed by atoms with Crippen LogP contribution >= 0.6 is 0 Å². The van der Waals surface area contributed by atoms with Crippen LogP contribution in [0.25, 0.3) is 0 Å². The first kappa shape index (κ1) is 17.5. The monoisotopic (exact) mass is 281 g/mol. The van der Waals surface area contributed by atoms with Crippen molar-refractivity contribution in [2.45, 2.75) is 32.4 Å². The van der Waals surface area contributed by atoms with Crippen molar-refractivity contribution in [2.75, 3.05) is 13.2 Å². The molecule has 0 rings (SSSR count). The molecule has 4 nitrogen and oxygen atoms in total. The van der Waals surface area contributed by atoms with Crippen LogP contribution in [0.3, 0.4) is 0 Å². The fourth-order valence-corrected chi connectivity index (χ4v) is 1.31. The van der Waals surface area contributed by atoms with E-state index in [4.69, 9.17) is 0 Å². The van der Waals surface area contributed by atoms with Gasteiger partial charge in [-0.15, -0.1) is 6.58 Å². The first-order valence-corrected chi connectivity index (χ1v) is 5.87. The van der Waals surface area contributed by atoms with Gasteiger partial charge in [0.25, 0.3) is 0 Å². The Morgan fingerprint density at radius 2 is 2.16 bits per heavy atom. The van der Waals surface area contributed by atoms with Crippen LogP contribution in [0.2, 0.25) is 0 Å². The molecule has 0 bridgehead atoms. The number of ether oxygens (including phenoxy) is 1. The van der Waals surface area contributed by atoms with Gasteiger partial charge < -0.3 is 9.94 Å². The van der Waals surface area contributed by atoms with Crippen molar-refractivity contribution in [2.24, 2.45) is 5.92 Å². The number of hydroxylamine groups is 1. The topological polar surface area (TPSA) is 52.4 Å². The van der Waals surface area contributed by atoms with E-state index in [2.05, 4.69) is 11.3 Å². The van der Waals surface area contributed by atoms with Gasteiger partial charge in [0, 0.05) is 19.8 Å². The summed E-state index contributed by atoms with van der Waals surface area (Å²) in [4.78, 5) is 10.4. The third-order valence-corrected chi connectivity index (χ3v) is 2.35. The van der Waals surface area contributed by atoms with Gasteiger partial charge in [0.15, 0.2) is 12.8 Å². The normalized spacial score (nSPS) is 14.0. The molecule has 0 aromatic heterocycles. The number of allylic oxidation sites excluding steroid dienone is 1. The molecular weight excluding hydrogens is 263 g/mol. The number of carbonyl (C=O) groups excluding carboxylic acids is 1. The Balaban J connectivity index is 3.93. The van der Waals surface area contributed by atoms with Gasteiger partial charge in [-0.25, -0.2) is 4.74 Å². The molecule has 1 atom stereocenters. The standard InChI is InChI=1S/C12H18F3NO3/c1-3-11(12(13,14)15)6-8-16(18)7-4-5-9-19-10(2)17/h3,7,11H,1,4-6,8-9H2,2H3/b16-7-. The lowest BCUT2D eigenvalue weighted by molar-refractivity contribution is -0.457. The molecule has 0 aromatic carbocycles. The van der Waals surface area contributed by atoms with Gasteiger partial charge in [-0.1, -0.05) is 6.08 Å². The van der Waals surface area contributed by atoms with Crippen LogP contribution in [0, 0.1) is 11.1 Å². The van der Waals surface area contributed by atoms with Crippen molar-refractivity contribution in [3.8, 4) is 0 Å². The summed E-state index contributed by atoms with van der Waals surface area (Å²) in [5.41, 5.74) is 0. The van der Waals surface area contributed by atoms with Crippen molar-refractivity contribution in [3.05, 3.63) is 17.9 Å². The number of nitrogens with zero attached hydrogens (tertiary/aromatic N) is 1. The van der Waals surface area contributed by atoms with E-state index in [-0.39, 0.29) is 19.6 Å². The van der Waals surface area contributed by atoms with E-state index in [1.54, 1.807) is 0 Å². The molecule has 0 amide bonds. The summed E-state index contributed by atoms with van der Waals surface area (Å²) < 4.78 is 42.2. The van der Waals surface area contributed by atoms with Gasteiger partial charge >= 0.3 is 12.1 Å². The molecule has 19 heavy (non-hydrogen) atoms. The van der Waals surface area contributed by atoms with Crippen LogP contribution in [0.1, 0.15) is 26.2 Å². The molecule has 0 aliphatic rings. The van der Waals surface area contributed by atoms with Gasteiger partial charge in [0.1, 0.15) is 0 Å². The van der Waals surface area contributed by atoms with Gasteiger partial charge in [-0.3, -0.25) is 4.79 Å². The van der Waals surface area contributed by atoms with Crippen molar-refractivity contribution in [3.63, 3.8) is 0 Å². The molecule has 0 heterocycles. The van der Waals surface area contributed by atoms with Crippen molar-refractivity contribution in [1.82, 2.24) is 0 Å². The summed E-state index contributed by atoms with van der Waals surface area (Å²) in [6.07, 6.45) is -1.83. The highest BCUT2D eigenvalue weighted by Crippen LogP contribution is 2.29. The van der Waals surface area contributed by atoms with E-state index in [0.29, 0.717) is 17.6 Å². The molecule has 1 unspecified atom stereocenters. The quantitative estimate of drug-likeness (QED) is 0.131. The fraction of sp³-hybridized carbons (Fsp3) is 0.667. The second kappa shape index (κ2) is 8.55. The second-order valence-electron chi connectivity index (χ2n) is 3.98. The first-order chi connectivity index (χ1) is 8.77. The van der Waals surface area contributed by atoms with Gasteiger partial charge in [0.05, 0.1) is 12.5 Å². The maximum atomic E-state index is 12.3. The van der Waals surface area contributed by atoms with Crippen LogP contribution < -0.4 is 0 Å². The highest BCUT2D eigenvalue weighted by atomic mass is 19.4. The van der Waals surface area contributed by atoms with E-state index in [1.165, 1.54) is 13.1 Å². The average Bonchev–Trinajstić information content (AvgIpc) is 2.27.